The minimum Gasteiger partial charge on any atom is -0.495 e. The van der Waals surface area contributed by atoms with Gasteiger partial charge in [0, 0.05) is 11.8 Å². The molecule has 2 aromatic heterocycles. The predicted octanol–water partition coefficient (Wildman–Crippen LogP) is 2.58. The van der Waals surface area contributed by atoms with Crippen molar-refractivity contribution in [3.8, 4) is 11.4 Å². The highest BCUT2D eigenvalue weighted by atomic mass is 16.5. The van der Waals surface area contributed by atoms with Gasteiger partial charge in [-0.25, -0.2) is 0 Å². The lowest BCUT2D eigenvalue weighted by molar-refractivity contribution is 0.411. The second-order valence-corrected chi connectivity index (χ2v) is 3.43. The van der Waals surface area contributed by atoms with Crippen molar-refractivity contribution in [3.63, 3.8) is 0 Å². The molecule has 96 valence electrons. The van der Waals surface area contributed by atoms with Crippen molar-refractivity contribution in [2.75, 3.05) is 7.11 Å². The van der Waals surface area contributed by atoms with Gasteiger partial charge in [-0.1, -0.05) is 13.8 Å². The summed E-state index contributed by atoms with van der Waals surface area (Å²) >= 11 is 0. The van der Waals surface area contributed by atoms with Crippen LogP contribution in [0, 0.1) is 6.92 Å². The number of pyridine rings is 2. The average molecular weight is 246 g/mol. The van der Waals surface area contributed by atoms with E-state index in [4.69, 9.17) is 4.74 Å². The predicted molar refractivity (Wildman–Crippen MR) is 72.5 cm³/mol. The molecule has 0 aromatic carbocycles. The third kappa shape index (κ3) is 3.20. The van der Waals surface area contributed by atoms with Crippen molar-refractivity contribution in [2.24, 2.45) is 0 Å². The van der Waals surface area contributed by atoms with E-state index >= 15 is 0 Å². The minimum absolute atomic E-state index is 0.105. The van der Waals surface area contributed by atoms with Crippen molar-refractivity contribution in [1.29, 1.82) is 0 Å². The number of hydrogen-bond acceptors (Lipinski definition) is 3. The first kappa shape index (κ1) is 14.0. The standard InChI is InChI=1S/C12H12N2O2.C2H6/c1-9-3-4-10(7-13-9)14-8-11(16-2)5-6-12(14)15;1-2/h3-8H,1-2H3;1-2H3. The maximum Gasteiger partial charge on any atom is 0.255 e. The van der Waals surface area contributed by atoms with Gasteiger partial charge in [-0.15, -0.1) is 0 Å². The summed E-state index contributed by atoms with van der Waals surface area (Å²) < 4.78 is 6.58. The molecule has 0 spiro atoms. The Balaban J connectivity index is 0.000000771. The lowest BCUT2D eigenvalue weighted by Crippen LogP contribution is -2.16. The van der Waals surface area contributed by atoms with Crippen molar-refractivity contribution < 1.29 is 4.74 Å². The van der Waals surface area contributed by atoms with Gasteiger partial charge in [-0.2, -0.15) is 0 Å². The summed E-state index contributed by atoms with van der Waals surface area (Å²) in [5.74, 6) is 0.639. The average Bonchev–Trinajstić information content (AvgIpc) is 2.43. The van der Waals surface area contributed by atoms with Crippen molar-refractivity contribution in [3.05, 3.63) is 52.7 Å². The van der Waals surface area contributed by atoms with Crippen LogP contribution in [-0.2, 0) is 0 Å². The molecule has 0 saturated carbocycles. The highest BCUT2D eigenvalue weighted by Crippen LogP contribution is 2.10. The van der Waals surface area contributed by atoms with Gasteiger partial charge in [0.05, 0.1) is 25.2 Å². The van der Waals surface area contributed by atoms with E-state index in [1.54, 1.807) is 25.6 Å². The van der Waals surface area contributed by atoms with E-state index in [0.717, 1.165) is 11.4 Å². The Morgan fingerprint density at radius 2 is 1.89 bits per heavy atom. The third-order valence-corrected chi connectivity index (χ3v) is 2.29. The van der Waals surface area contributed by atoms with Gasteiger partial charge in [0.1, 0.15) is 5.75 Å². The van der Waals surface area contributed by atoms with E-state index in [1.807, 2.05) is 32.9 Å². The molecule has 0 aliphatic heterocycles. The molecule has 0 aliphatic rings. The fourth-order valence-corrected chi connectivity index (χ4v) is 1.39. The summed E-state index contributed by atoms with van der Waals surface area (Å²) in [7, 11) is 1.57. The van der Waals surface area contributed by atoms with Crippen LogP contribution in [0.2, 0.25) is 0 Å². The van der Waals surface area contributed by atoms with Gasteiger partial charge in [-0.05, 0) is 25.1 Å². The number of methoxy groups -OCH3 is 1. The normalized spacial score (nSPS) is 9.33. The zero-order chi connectivity index (χ0) is 13.5. The number of ether oxygens (including phenoxy) is 1. The molecule has 0 fully saturated rings. The first-order valence-corrected chi connectivity index (χ1v) is 5.90. The Kier molecular flexibility index (Phi) is 5.11. The van der Waals surface area contributed by atoms with Gasteiger partial charge in [0.25, 0.3) is 5.56 Å². The first-order chi connectivity index (χ1) is 8.70. The molecule has 0 aliphatic carbocycles. The summed E-state index contributed by atoms with van der Waals surface area (Å²) in [6, 6.07) is 6.82. The molecule has 4 heteroatoms. The van der Waals surface area contributed by atoms with Crippen LogP contribution in [0.5, 0.6) is 5.75 Å². The van der Waals surface area contributed by atoms with Gasteiger partial charge >= 0.3 is 0 Å². The third-order valence-electron chi connectivity index (χ3n) is 2.29. The molecule has 0 radical (unpaired) electrons. The van der Waals surface area contributed by atoms with Crippen LogP contribution < -0.4 is 10.3 Å². The second-order valence-electron chi connectivity index (χ2n) is 3.43. The van der Waals surface area contributed by atoms with Crippen LogP contribution in [0.25, 0.3) is 5.69 Å². The van der Waals surface area contributed by atoms with E-state index in [0.29, 0.717) is 5.75 Å². The van der Waals surface area contributed by atoms with Gasteiger partial charge in [0.2, 0.25) is 0 Å². The lowest BCUT2D eigenvalue weighted by atomic mass is 10.3. The van der Waals surface area contributed by atoms with E-state index in [-0.39, 0.29) is 5.56 Å². The van der Waals surface area contributed by atoms with E-state index in [2.05, 4.69) is 4.98 Å². The Morgan fingerprint density at radius 1 is 1.17 bits per heavy atom. The van der Waals surface area contributed by atoms with Crippen molar-refractivity contribution in [1.82, 2.24) is 9.55 Å². The Bertz CT molecular complexity index is 544. The second kappa shape index (κ2) is 6.59. The molecule has 0 saturated heterocycles. The molecule has 2 heterocycles. The van der Waals surface area contributed by atoms with Crippen molar-refractivity contribution in [2.45, 2.75) is 20.8 Å². The lowest BCUT2D eigenvalue weighted by Gasteiger charge is -2.07. The SMILES string of the molecule is CC.COc1ccc(=O)n(-c2ccc(C)nc2)c1. The summed E-state index contributed by atoms with van der Waals surface area (Å²) in [4.78, 5) is 15.8. The van der Waals surface area contributed by atoms with E-state index in [9.17, 15) is 4.79 Å². The molecule has 0 N–H and O–H groups in total. The largest absolute Gasteiger partial charge is 0.495 e. The summed E-state index contributed by atoms with van der Waals surface area (Å²) in [5, 5.41) is 0. The van der Waals surface area contributed by atoms with E-state index in [1.165, 1.54) is 10.6 Å². The molecule has 0 amide bonds. The summed E-state index contributed by atoms with van der Waals surface area (Å²) in [6.45, 7) is 5.90. The fourth-order valence-electron chi connectivity index (χ4n) is 1.39. The zero-order valence-electron chi connectivity index (χ0n) is 11.2. The van der Waals surface area contributed by atoms with E-state index < -0.39 is 0 Å². The Morgan fingerprint density at radius 3 is 2.44 bits per heavy atom. The van der Waals surface area contributed by atoms with Crippen LogP contribution in [0.15, 0.2) is 41.5 Å². The first-order valence-electron chi connectivity index (χ1n) is 5.90. The number of aromatic nitrogens is 2. The molecule has 0 unspecified atom stereocenters. The molecule has 0 bridgehead atoms. The summed E-state index contributed by atoms with van der Waals surface area (Å²) in [5.41, 5.74) is 1.54. The van der Waals surface area contributed by atoms with Crippen molar-refractivity contribution >= 4 is 0 Å². The molecular weight excluding hydrogens is 228 g/mol. The topological polar surface area (TPSA) is 44.1 Å². The summed E-state index contributed by atoms with van der Waals surface area (Å²) in [6.07, 6.45) is 3.31. The van der Waals surface area contributed by atoms with Gasteiger partial charge in [-0.3, -0.25) is 14.3 Å². The molecule has 2 rings (SSSR count). The zero-order valence-corrected chi connectivity index (χ0v) is 11.2. The fraction of sp³-hybridized carbons (Fsp3) is 0.286. The molecule has 0 atom stereocenters. The molecular formula is C14H18N2O2. The number of aryl methyl sites for hydroxylation is 1. The number of hydrogen-bond donors (Lipinski definition) is 0. The maximum absolute atomic E-state index is 11.7. The molecule has 2 aromatic rings. The van der Waals surface area contributed by atoms with Crippen LogP contribution >= 0.6 is 0 Å². The van der Waals surface area contributed by atoms with Crippen LogP contribution in [0.1, 0.15) is 19.5 Å². The van der Waals surface area contributed by atoms with Crippen LogP contribution in [-0.4, -0.2) is 16.7 Å². The monoisotopic (exact) mass is 246 g/mol. The molecule has 4 nitrogen and oxygen atoms in total. The smallest absolute Gasteiger partial charge is 0.255 e. The highest BCUT2D eigenvalue weighted by Gasteiger charge is 2.01. The van der Waals surface area contributed by atoms with Crippen LogP contribution in [0.3, 0.4) is 0 Å². The van der Waals surface area contributed by atoms with Crippen LogP contribution in [0.4, 0.5) is 0 Å². The number of nitrogens with zero attached hydrogens (tertiary/aromatic N) is 2. The number of rotatable bonds is 2. The maximum atomic E-state index is 11.7. The van der Waals surface area contributed by atoms with Gasteiger partial charge < -0.3 is 4.74 Å². The quantitative estimate of drug-likeness (QED) is 0.818. The Labute approximate surface area is 107 Å². The Hall–Kier alpha value is -2.10. The highest BCUT2D eigenvalue weighted by molar-refractivity contribution is 5.32. The minimum atomic E-state index is -0.105. The van der Waals surface area contributed by atoms with Gasteiger partial charge in [0.15, 0.2) is 0 Å². The molecule has 18 heavy (non-hydrogen) atoms.